The van der Waals surface area contributed by atoms with Crippen LogP contribution in [0, 0.1) is 17.5 Å². The van der Waals surface area contributed by atoms with Gasteiger partial charge in [-0.05, 0) is 66.0 Å². The Labute approximate surface area is 184 Å². The lowest BCUT2D eigenvalue weighted by Gasteiger charge is -2.10. The van der Waals surface area contributed by atoms with Gasteiger partial charge in [-0.1, -0.05) is 81.6 Å². The van der Waals surface area contributed by atoms with E-state index in [1.807, 2.05) is 43.3 Å². The molecular weight excluding hydrogens is 393 g/mol. The van der Waals surface area contributed by atoms with Gasteiger partial charge in [-0.3, -0.25) is 0 Å². The molecule has 0 heterocycles. The Morgan fingerprint density at radius 2 is 1.26 bits per heavy atom. The van der Waals surface area contributed by atoms with Crippen molar-refractivity contribution in [2.24, 2.45) is 0 Å². The van der Waals surface area contributed by atoms with E-state index in [9.17, 15) is 13.2 Å². The van der Waals surface area contributed by atoms with Crippen LogP contribution in [0.15, 0.2) is 54.6 Å². The van der Waals surface area contributed by atoms with Crippen LogP contribution in [-0.2, 0) is 25.7 Å². The summed E-state index contributed by atoms with van der Waals surface area (Å²) in [5.41, 5.74) is 4.21. The maximum absolute atomic E-state index is 14.6. The first kappa shape index (κ1) is 23.1. The number of aryl methyl sites for hydroxylation is 4. The molecule has 0 nitrogen and oxygen atoms in total. The van der Waals surface area contributed by atoms with Crippen LogP contribution in [0.3, 0.4) is 0 Å². The molecule has 0 saturated heterocycles. The lowest BCUT2D eigenvalue weighted by atomic mass is 9.97. The minimum atomic E-state index is -0.774. The summed E-state index contributed by atoms with van der Waals surface area (Å²) >= 11 is 0. The highest BCUT2D eigenvalue weighted by molar-refractivity contribution is 5.65. The van der Waals surface area contributed by atoms with E-state index >= 15 is 0 Å². The lowest BCUT2D eigenvalue weighted by molar-refractivity contribution is 0.498. The summed E-state index contributed by atoms with van der Waals surface area (Å²) in [6.07, 6.45) is 6.67. The molecule has 3 aromatic rings. The molecule has 3 heteroatoms. The van der Waals surface area contributed by atoms with E-state index < -0.39 is 11.6 Å². The molecule has 0 aliphatic heterocycles. The van der Waals surface area contributed by atoms with Crippen LogP contribution in [0.25, 0.3) is 11.1 Å². The van der Waals surface area contributed by atoms with E-state index in [-0.39, 0.29) is 11.4 Å². The summed E-state index contributed by atoms with van der Waals surface area (Å²) in [7, 11) is 0. The van der Waals surface area contributed by atoms with Gasteiger partial charge < -0.3 is 0 Å². The van der Waals surface area contributed by atoms with Gasteiger partial charge in [-0.2, -0.15) is 0 Å². The standard InChI is InChI=1S/C28H31F3/c1-3-5-6-8-24-17-18-25(28(31)27(24)30)22-14-11-20(12-15-22)9-10-21-13-16-23(7-4-2)26(29)19-21/h11-19H,3-10H2,1-2H3. The van der Waals surface area contributed by atoms with E-state index in [2.05, 4.69) is 6.92 Å². The van der Waals surface area contributed by atoms with Gasteiger partial charge in [0.15, 0.2) is 11.6 Å². The molecule has 0 saturated carbocycles. The summed E-state index contributed by atoms with van der Waals surface area (Å²) < 4.78 is 43.2. The Bertz CT molecular complexity index is 990. The summed E-state index contributed by atoms with van der Waals surface area (Å²) in [4.78, 5) is 0. The number of rotatable bonds is 10. The molecule has 0 radical (unpaired) electrons. The Hall–Kier alpha value is -2.55. The number of hydrogen-bond acceptors (Lipinski definition) is 0. The van der Waals surface area contributed by atoms with Gasteiger partial charge in [0, 0.05) is 5.56 Å². The van der Waals surface area contributed by atoms with Crippen molar-refractivity contribution in [3.05, 3.63) is 94.3 Å². The van der Waals surface area contributed by atoms with Crippen molar-refractivity contribution in [3.63, 3.8) is 0 Å². The third kappa shape index (κ3) is 6.00. The molecule has 0 amide bonds. The van der Waals surface area contributed by atoms with E-state index in [4.69, 9.17) is 0 Å². The molecule has 0 fully saturated rings. The van der Waals surface area contributed by atoms with Crippen molar-refractivity contribution < 1.29 is 13.2 Å². The fourth-order valence-corrected chi connectivity index (χ4v) is 3.93. The summed E-state index contributed by atoms with van der Waals surface area (Å²) in [5, 5.41) is 0. The van der Waals surface area contributed by atoms with Crippen molar-refractivity contribution in [1.82, 2.24) is 0 Å². The van der Waals surface area contributed by atoms with Crippen LogP contribution >= 0.6 is 0 Å². The predicted molar refractivity (Wildman–Crippen MR) is 123 cm³/mol. The molecule has 0 aliphatic rings. The Morgan fingerprint density at radius 3 is 1.94 bits per heavy atom. The Kier molecular flexibility index (Phi) is 8.34. The zero-order chi connectivity index (χ0) is 22.2. The van der Waals surface area contributed by atoms with E-state index in [0.717, 1.165) is 61.6 Å². The number of halogens is 3. The van der Waals surface area contributed by atoms with E-state index in [1.165, 1.54) is 0 Å². The average Bonchev–Trinajstić information content (AvgIpc) is 2.78. The zero-order valence-electron chi connectivity index (χ0n) is 18.5. The fraction of sp³-hybridized carbons (Fsp3) is 0.357. The molecule has 164 valence electrons. The second-order valence-electron chi connectivity index (χ2n) is 8.23. The van der Waals surface area contributed by atoms with Gasteiger partial charge >= 0.3 is 0 Å². The topological polar surface area (TPSA) is 0 Å². The van der Waals surface area contributed by atoms with Crippen LogP contribution in [0.2, 0.25) is 0 Å². The van der Waals surface area contributed by atoms with Gasteiger partial charge in [0.05, 0.1) is 0 Å². The monoisotopic (exact) mass is 424 g/mol. The Balaban J connectivity index is 1.66. The van der Waals surface area contributed by atoms with Gasteiger partial charge in [0.2, 0.25) is 0 Å². The average molecular weight is 425 g/mol. The third-order valence-electron chi connectivity index (χ3n) is 5.82. The van der Waals surface area contributed by atoms with Crippen molar-refractivity contribution in [2.45, 2.75) is 65.2 Å². The normalized spacial score (nSPS) is 11.1. The molecule has 0 spiro atoms. The van der Waals surface area contributed by atoms with Crippen molar-refractivity contribution in [2.75, 3.05) is 0 Å². The number of unbranched alkanes of at least 4 members (excludes halogenated alkanes) is 2. The molecule has 3 aromatic carbocycles. The highest BCUT2D eigenvalue weighted by Crippen LogP contribution is 2.28. The number of hydrogen-bond donors (Lipinski definition) is 0. The lowest BCUT2D eigenvalue weighted by Crippen LogP contribution is -1.98. The highest BCUT2D eigenvalue weighted by Gasteiger charge is 2.14. The van der Waals surface area contributed by atoms with Crippen molar-refractivity contribution in [3.8, 4) is 11.1 Å². The second-order valence-corrected chi connectivity index (χ2v) is 8.23. The van der Waals surface area contributed by atoms with E-state index in [1.54, 1.807) is 18.2 Å². The SMILES string of the molecule is CCCCCc1ccc(-c2ccc(CCc3ccc(CCC)c(F)c3)cc2)c(F)c1F. The summed E-state index contributed by atoms with van der Waals surface area (Å²) in [5.74, 6) is -1.64. The van der Waals surface area contributed by atoms with Gasteiger partial charge in [-0.25, -0.2) is 13.2 Å². The molecule has 0 bridgehead atoms. The maximum Gasteiger partial charge on any atom is 0.166 e. The smallest absolute Gasteiger partial charge is 0.166 e. The quantitative estimate of drug-likeness (QED) is 0.287. The molecule has 31 heavy (non-hydrogen) atoms. The molecule has 0 unspecified atom stereocenters. The third-order valence-corrected chi connectivity index (χ3v) is 5.82. The van der Waals surface area contributed by atoms with Crippen LogP contribution < -0.4 is 0 Å². The molecule has 0 aliphatic carbocycles. The first-order chi connectivity index (χ1) is 15.0. The van der Waals surface area contributed by atoms with Crippen molar-refractivity contribution in [1.29, 1.82) is 0 Å². The number of benzene rings is 3. The summed E-state index contributed by atoms with van der Waals surface area (Å²) in [6, 6.07) is 16.4. The zero-order valence-corrected chi connectivity index (χ0v) is 18.5. The Morgan fingerprint density at radius 1 is 0.581 bits per heavy atom. The fourth-order valence-electron chi connectivity index (χ4n) is 3.93. The first-order valence-corrected chi connectivity index (χ1v) is 11.4. The van der Waals surface area contributed by atoms with Gasteiger partial charge in [-0.15, -0.1) is 0 Å². The van der Waals surface area contributed by atoms with Crippen LogP contribution in [0.1, 0.15) is 61.8 Å². The molecule has 0 atom stereocenters. The predicted octanol–water partition coefficient (Wildman–Crippen LogP) is 8.24. The second kappa shape index (κ2) is 11.2. The van der Waals surface area contributed by atoms with Crippen LogP contribution in [0.4, 0.5) is 13.2 Å². The van der Waals surface area contributed by atoms with Gasteiger partial charge in [0.25, 0.3) is 0 Å². The van der Waals surface area contributed by atoms with Crippen molar-refractivity contribution >= 4 is 0 Å². The molecule has 0 N–H and O–H groups in total. The molecule has 0 aromatic heterocycles. The molecular formula is C28H31F3. The van der Waals surface area contributed by atoms with E-state index in [0.29, 0.717) is 17.5 Å². The van der Waals surface area contributed by atoms with Crippen LogP contribution in [-0.4, -0.2) is 0 Å². The first-order valence-electron chi connectivity index (χ1n) is 11.4. The minimum absolute atomic E-state index is 0.134. The summed E-state index contributed by atoms with van der Waals surface area (Å²) in [6.45, 7) is 4.13. The minimum Gasteiger partial charge on any atom is -0.207 e. The van der Waals surface area contributed by atoms with Crippen LogP contribution in [0.5, 0.6) is 0 Å². The highest BCUT2D eigenvalue weighted by atomic mass is 19.2. The molecule has 3 rings (SSSR count). The van der Waals surface area contributed by atoms with Gasteiger partial charge in [0.1, 0.15) is 5.82 Å². The maximum atomic E-state index is 14.6. The largest absolute Gasteiger partial charge is 0.207 e.